The monoisotopic (exact) mass is 264 g/mol. The van der Waals surface area contributed by atoms with Gasteiger partial charge < -0.3 is 4.90 Å². The number of carbonyl (C=O) groups is 1. The summed E-state index contributed by atoms with van der Waals surface area (Å²) >= 11 is 5.83. The number of halogens is 1. The summed E-state index contributed by atoms with van der Waals surface area (Å²) in [5, 5.41) is 4.15. The minimum atomic E-state index is 0.0191. The Bertz CT molecular complexity index is 582. The number of carbonyl (C=O) groups excluding carboxylic acids is 1. The maximum atomic E-state index is 12.4. The lowest BCUT2D eigenvalue weighted by molar-refractivity contribution is 0.0790. The molecule has 0 aromatic carbocycles. The van der Waals surface area contributed by atoms with Crippen LogP contribution in [0.2, 0.25) is 0 Å². The van der Waals surface area contributed by atoms with E-state index in [1.54, 1.807) is 29.3 Å². The third kappa shape index (κ3) is 1.84. The zero-order chi connectivity index (χ0) is 12.5. The zero-order valence-electron chi connectivity index (χ0n) is 9.79. The van der Waals surface area contributed by atoms with Crippen molar-refractivity contribution in [2.45, 2.75) is 6.42 Å². The van der Waals surface area contributed by atoms with Gasteiger partial charge in [0.15, 0.2) is 0 Å². The van der Waals surface area contributed by atoms with Crippen molar-refractivity contribution in [3.8, 4) is 0 Å². The van der Waals surface area contributed by atoms with Gasteiger partial charge in [0.05, 0.1) is 23.5 Å². The topological polar surface area (TPSA) is 50.5 Å². The highest BCUT2D eigenvalue weighted by atomic mass is 35.5. The maximum Gasteiger partial charge on any atom is 0.257 e. The number of nitrogens with zero attached hydrogens (tertiary/aromatic N) is 4. The fourth-order valence-corrected chi connectivity index (χ4v) is 2.56. The maximum absolute atomic E-state index is 12.4. The first-order valence-corrected chi connectivity index (χ1v) is 6.45. The van der Waals surface area contributed by atoms with Gasteiger partial charge in [-0.1, -0.05) is 0 Å². The molecule has 6 heteroatoms. The molecule has 0 aliphatic carbocycles. The second-order valence-corrected chi connectivity index (χ2v) is 4.83. The van der Waals surface area contributed by atoms with E-state index in [1.807, 2.05) is 4.90 Å². The Labute approximate surface area is 109 Å². The van der Waals surface area contributed by atoms with Gasteiger partial charge >= 0.3 is 0 Å². The van der Waals surface area contributed by atoms with Crippen molar-refractivity contribution in [3.63, 3.8) is 0 Å². The molecule has 1 atom stereocenters. The molecule has 2 aromatic heterocycles. The standard InChI is InChI=1S/C12H13ClN4O/c13-5-9-1-3-16(8-9)12(18)10-6-15-17-4-2-14-7-11(10)17/h2,4,6-7,9H,1,3,5,8H2. The molecule has 0 N–H and O–H groups in total. The summed E-state index contributed by atoms with van der Waals surface area (Å²) in [5.74, 6) is 1.04. The van der Waals surface area contributed by atoms with Crippen LogP contribution in [0.5, 0.6) is 0 Å². The lowest BCUT2D eigenvalue weighted by Gasteiger charge is -2.15. The summed E-state index contributed by atoms with van der Waals surface area (Å²) in [6.45, 7) is 1.51. The smallest absolute Gasteiger partial charge is 0.257 e. The molecule has 2 aromatic rings. The van der Waals surface area contributed by atoms with Gasteiger partial charge in [0.25, 0.3) is 5.91 Å². The van der Waals surface area contributed by atoms with E-state index in [4.69, 9.17) is 11.6 Å². The number of hydrogen-bond acceptors (Lipinski definition) is 3. The molecule has 0 bridgehead atoms. The number of aromatic nitrogens is 3. The van der Waals surface area contributed by atoms with E-state index >= 15 is 0 Å². The van der Waals surface area contributed by atoms with Crippen LogP contribution < -0.4 is 0 Å². The Hall–Kier alpha value is -1.62. The van der Waals surface area contributed by atoms with Crippen LogP contribution in [-0.4, -0.2) is 44.4 Å². The normalized spacial score (nSPS) is 19.6. The summed E-state index contributed by atoms with van der Waals surface area (Å²) < 4.78 is 1.66. The third-order valence-electron chi connectivity index (χ3n) is 3.35. The van der Waals surface area contributed by atoms with Crippen LogP contribution >= 0.6 is 11.6 Å². The summed E-state index contributed by atoms with van der Waals surface area (Å²) in [5.41, 5.74) is 1.36. The molecule has 1 saturated heterocycles. The first-order chi connectivity index (χ1) is 8.79. The van der Waals surface area contributed by atoms with E-state index in [-0.39, 0.29) is 5.91 Å². The summed E-state index contributed by atoms with van der Waals surface area (Å²) in [6.07, 6.45) is 7.63. The number of fused-ring (bicyclic) bond motifs is 1. The molecular weight excluding hydrogens is 252 g/mol. The van der Waals surface area contributed by atoms with Crippen molar-refractivity contribution in [2.24, 2.45) is 5.92 Å². The molecule has 0 saturated carbocycles. The second-order valence-electron chi connectivity index (χ2n) is 4.52. The summed E-state index contributed by atoms with van der Waals surface area (Å²) in [6, 6.07) is 0. The Balaban J connectivity index is 1.89. The van der Waals surface area contributed by atoms with E-state index < -0.39 is 0 Å². The van der Waals surface area contributed by atoms with Crippen LogP contribution in [0.4, 0.5) is 0 Å². The van der Waals surface area contributed by atoms with Crippen molar-refractivity contribution in [1.29, 1.82) is 0 Å². The number of amides is 1. The molecule has 3 rings (SSSR count). The molecule has 1 aliphatic rings. The number of rotatable bonds is 2. The zero-order valence-corrected chi connectivity index (χ0v) is 10.5. The van der Waals surface area contributed by atoms with Crippen molar-refractivity contribution in [1.82, 2.24) is 19.5 Å². The molecule has 3 heterocycles. The summed E-state index contributed by atoms with van der Waals surface area (Å²) in [7, 11) is 0. The molecule has 0 radical (unpaired) electrons. The van der Waals surface area contributed by atoms with Gasteiger partial charge in [0, 0.05) is 31.4 Å². The predicted octanol–water partition coefficient (Wildman–Crippen LogP) is 1.43. The van der Waals surface area contributed by atoms with Crippen LogP contribution in [0.3, 0.4) is 0 Å². The van der Waals surface area contributed by atoms with Gasteiger partial charge in [-0.3, -0.25) is 9.78 Å². The second kappa shape index (κ2) is 4.57. The SMILES string of the molecule is O=C(c1cnn2ccncc12)N1CCC(CCl)C1. The van der Waals surface area contributed by atoms with Crippen LogP contribution in [0.25, 0.3) is 5.52 Å². The van der Waals surface area contributed by atoms with Gasteiger partial charge in [-0.15, -0.1) is 11.6 Å². The highest BCUT2D eigenvalue weighted by molar-refractivity contribution is 6.18. The molecule has 1 aliphatic heterocycles. The molecule has 1 amide bonds. The Morgan fingerprint density at radius 1 is 1.50 bits per heavy atom. The highest BCUT2D eigenvalue weighted by Crippen LogP contribution is 2.21. The van der Waals surface area contributed by atoms with Gasteiger partial charge in [0.2, 0.25) is 0 Å². The highest BCUT2D eigenvalue weighted by Gasteiger charge is 2.27. The lowest BCUT2D eigenvalue weighted by atomic mass is 10.2. The molecule has 1 unspecified atom stereocenters. The largest absolute Gasteiger partial charge is 0.338 e. The molecule has 0 spiro atoms. The number of alkyl halides is 1. The molecule has 1 fully saturated rings. The van der Waals surface area contributed by atoms with Crippen molar-refractivity contribution < 1.29 is 4.79 Å². The average Bonchev–Trinajstić information content (AvgIpc) is 3.04. The fourth-order valence-electron chi connectivity index (χ4n) is 2.31. The van der Waals surface area contributed by atoms with Gasteiger partial charge in [-0.2, -0.15) is 5.10 Å². The first kappa shape index (κ1) is 11.5. The predicted molar refractivity (Wildman–Crippen MR) is 67.7 cm³/mol. The average molecular weight is 265 g/mol. The van der Waals surface area contributed by atoms with Gasteiger partial charge in [-0.05, 0) is 12.3 Å². The van der Waals surface area contributed by atoms with Gasteiger partial charge in [-0.25, -0.2) is 4.52 Å². The minimum absolute atomic E-state index is 0.0191. The van der Waals surface area contributed by atoms with Gasteiger partial charge in [0.1, 0.15) is 0 Å². The quantitative estimate of drug-likeness (QED) is 0.771. The van der Waals surface area contributed by atoms with Crippen molar-refractivity contribution in [2.75, 3.05) is 19.0 Å². The Kier molecular flexibility index (Phi) is 2.91. The van der Waals surface area contributed by atoms with Crippen molar-refractivity contribution in [3.05, 3.63) is 30.4 Å². The third-order valence-corrected chi connectivity index (χ3v) is 3.78. The Morgan fingerprint density at radius 3 is 3.17 bits per heavy atom. The number of likely N-dealkylation sites (tertiary alicyclic amines) is 1. The fraction of sp³-hybridized carbons (Fsp3) is 0.417. The minimum Gasteiger partial charge on any atom is -0.338 e. The molecule has 5 nitrogen and oxygen atoms in total. The van der Waals surface area contributed by atoms with E-state index in [0.717, 1.165) is 25.0 Å². The van der Waals surface area contributed by atoms with E-state index in [2.05, 4.69) is 10.1 Å². The Morgan fingerprint density at radius 2 is 2.39 bits per heavy atom. The molecular formula is C12H13ClN4O. The van der Waals surface area contributed by atoms with Crippen LogP contribution in [-0.2, 0) is 0 Å². The van der Waals surface area contributed by atoms with Crippen LogP contribution in [0.15, 0.2) is 24.8 Å². The van der Waals surface area contributed by atoms with Crippen molar-refractivity contribution >= 4 is 23.0 Å². The van der Waals surface area contributed by atoms with E-state index in [0.29, 0.717) is 17.4 Å². The van der Waals surface area contributed by atoms with Crippen LogP contribution in [0, 0.1) is 5.92 Å². The van der Waals surface area contributed by atoms with Crippen LogP contribution in [0.1, 0.15) is 16.8 Å². The molecule has 18 heavy (non-hydrogen) atoms. The lowest BCUT2D eigenvalue weighted by Crippen LogP contribution is -2.28. The number of hydrogen-bond donors (Lipinski definition) is 0. The molecule has 94 valence electrons. The summed E-state index contributed by atoms with van der Waals surface area (Å²) in [4.78, 5) is 18.3. The first-order valence-electron chi connectivity index (χ1n) is 5.92. The van der Waals surface area contributed by atoms with E-state index in [9.17, 15) is 4.79 Å². The van der Waals surface area contributed by atoms with E-state index in [1.165, 1.54) is 0 Å².